The summed E-state index contributed by atoms with van der Waals surface area (Å²) in [6.45, 7) is 0.356. The molecule has 0 fully saturated rings. The summed E-state index contributed by atoms with van der Waals surface area (Å²) in [5, 5.41) is 53.1. The molecule has 348 valence electrons. The van der Waals surface area contributed by atoms with Gasteiger partial charge in [-0.2, -0.15) is 13.2 Å². The Balaban J connectivity index is 0.000000281. The molecule has 14 heteroatoms. The Morgan fingerprint density at radius 1 is 0.591 bits per heavy atom. The van der Waals surface area contributed by atoms with Gasteiger partial charge < -0.3 is 35.4 Å². The minimum Gasteiger partial charge on any atom is -0.489 e. The smallest absolute Gasteiger partial charge is 0.411 e. The number of halogens is 3. The first-order valence-electron chi connectivity index (χ1n) is 20.9. The summed E-state index contributed by atoms with van der Waals surface area (Å²) < 4.78 is 37.4. The number of rotatable bonds is 18. The van der Waals surface area contributed by atoms with E-state index in [0.717, 1.165) is 62.5 Å². The minimum absolute atomic E-state index is 0.125. The molecule has 0 atom stereocenters. The van der Waals surface area contributed by atoms with Crippen molar-refractivity contribution in [2.24, 2.45) is 0 Å². The van der Waals surface area contributed by atoms with Gasteiger partial charge in [0.1, 0.15) is 19.0 Å². The summed E-state index contributed by atoms with van der Waals surface area (Å²) in [4.78, 5) is 23.2. The quantitative estimate of drug-likeness (QED) is 0.0413. The Bertz CT molecular complexity index is 2220. The zero-order valence-corrected chi connectivity index (χ0v) is 37.0. The van der Waals surface area contributed by atoms with Crippen LogP contribution in [0, 0.1) is 10.8 Å². The maximum atomic E-state index is 10.6. The Hall–Kier alpha value is -7.13. The number of alkyl halides is 3. The minimum atomic E-state index is -4.40. The van der Waals surface area contributed by atoms with Crippen LogP contribution in [0.25, 0.3) is 0 Å². The predicted octanol–water partition coefficient (Wildman–Crippen LogP) is 9.51. The molecule has 11 nitrogen and oxygen atoms in total. The molecule has 7 N–H and O–H groups in total. The van der Waals surface area contributed by atoms with Gasteiger partial charge >= 0.3 is 18.1 Å². The second kappa shape index (κ2) is 28.6. The van der Waals surface area contributed by atoms with E-state index in [9.17, 15) is 22.8 Å². The second-order valence-electron chi connectivity index (χ2n) is 15.0. The second-order valence-corrected chi connectivity index (χ2v) is 15.0. The molecule has 0 aliphatic carbocycles. The molecule has 0 aliphatic heterocycles. The first-order chi connectivity index (χ1) is 31.6. The van der Waals surface area contributed by atoms with Gasteiger partial charge in [-0.05, 0) is 96.7 Å². The summed E-state index contributed by atoms with van der Waals surface area (Å²) >= 11 is 0. The number of anilines is 1. The predicted molar refractivity (Wildman–Crippen MR) is 253 cm³/mol. The summed E-state index contributed by atoms with van der Waals surface area (Å²) in [6.07, 6.45) is -3.08. The first-order valence-corrected chi connectivity index (χ1v) is 20.9. The number of aliphatic hydroxyl groups excluding tert-OH is 2. The molecule has 0 bridgehead atoms. The highest BCUT2D eigenvalue weighted by Crippen LogP contribution is 2.19. The highest BCUT2D eigenvalue weighted by molar-refractivity contribution is 6.11. The topological polar surface area (TPSA) is 187 Å². The van der Waals surface area contributed by atoms with E-state index in [4.69, 9.17) is 36.0 Å². The SMILES string of the molecule is CN(C)CCO.N=C(c1ccccc1)c1cccc(CNc2ccc(CCC(=O)O)cc2)c1.N=C(c1ccccc1)c1cccc(COc2ccc(CCC(=O)O)cc2)c1.OCC(F)(F)F. The van der Waals surface area contributed by atoms with Crippen molar-refractivity contribution >= 4 is 29.0 Å². The monoisotopic (exact) mass is 906 g/mol. The molecule has 6 aromatic rings. The third-order valence-electron chi connectivity index (χ3n) is 9.32. The van der Waals surface area contributed by atoms with Crippen LogP contribution in [-0.4, -0.2) is 88.7 Å². The largest absolute Gasteiger partial charge is 0.489 e. The van der Waals surface area contributed by atoms with Crippen LogP contribution in [0.2, 0.25) is 0 Å². The lowest BCUT2D eigenvalue weighted by atomic mass is 10.0. The number of benzene rings is 6. The molecule has 66 heavy (non-hydrogen) atoms. The van der Waals surface area contributed by atoms with E-state index in [1.807, 2.05) is 177 Å². The zero-order chi connectivity index (χ0) is 48.3. The van der Waals surface area contributed by atoms with Crippen molar-refractivity contribution in [3.63, 3.8) is 0 Å². The number of nitrogens with one attached hydrogen (secondary N) is 3. The van der Waals surface area contributed by atoms with Crippen LogP contribution in [0.15, 0.2) is 158 Å². The number of likely N-dealkylation sites (N-methyl/N-ethyl adjacent to an activating group) is 1. The molecule has 0 saturated carbocycles. The third-order valence-corrected chi connectivity index (χ3v) is 9.32. The van der Waals surface area contributed by atoms with Crippen molar-refractivity contribution in [3.05, 3.63) is 202 Å². The number of carboxylic acid groups (broad SMARTS) is 2. The maximum absolute atomic E-state index is 10.6. The van der Waals surface area contributed by atoms with Crippen molar-refractivity contribution < 1.29 is 47.9 Å². The zero-order valence-electron chi connectivity index (χ0n) is 37.0. The van der Waals surface area contributed by atoms with Crippen LogP contribution in [0.3, 0.4) is 0 Å². The molecule has 0 saturated heterocycles. The molecule has 0 aromatic heterocycles. The summed E-state index contributed by atoms with van der Waals surface area (Å²) in [6, 6.07) is 50.5. The van der Waals surface area contributed by atoms with Gasteiger partial charge in [-0.1, -0.05) is 121 Å². The third kappa shape index (κ3) is 21.5. The van der Waals surface area contributed by atoms with Crippen LogP contribution in [0.4, 0.5) is 18.9 Å². The number of aryl methyl sites for hydroxylation is 2. The number of aliphatic carboxylic acids is 2. The van der Waals surface area contributed by atoms with Crippen molar-refractivity contribution in [2.75, 3.05) is 39.2 Å². The van der Waals surface area contributed by atoms with Gasteiger partial charge in [0, 0.05) is 42.7 Å². The van der Waals surface area contributed by atoms with Crippen LogP contribution in [0.1, 0.15) is 57.3 Å². The normalized spacial score (nSPS) is 10.5. The fourth-order valence-electron chi connectivity index (χ4n) is 5.81. The number of nitrogens with zero attached hydrogens (tertiary/aromatic N) is 1. The Kier molecular flexibility index (Phi) is 23.1. The van der Waals surface area contributed by atoms with Crippen molar-refractivity contribution in [2.45, 2.75) is 45.0 Å². The van der Waals surface area contributed by atoms with Gasteiger partial charge in [0.15, 0.2) is 0 Å². The lowest BCUT2D eigenvalue weighted by Gasteiger charge is -2.10. The van der Waals surface area contributed by atoms with Gasteiger partial charge in [-0.3, -0.25) is 20.4 Å². The van der Waals surface area contributed by atoms with Gasteiger partial charge in [-0.15, -0.1) is 0 Å². The number of hydrogen-bond donors (Lipinski definition) is 7. The molecule has 6 rings (SSSR count). The average molecular weight is 907 g/mol. The van der Waals surface area contributed by atoms with E-state index in [0.29, 0.717) is 37.4 Å². The summed E-state index contributed by atoms with van der Waals surface area (Å²) in [7, 11) is 3.85. The van der Waals surface area contributed by atoms with E-state index in [1.165, 1.54) is 0 Å². The van der Waals surface area contributed by atoms with Crippen LogP contribution >= 0.6 is 0 Å². The molecular weight excluding hydrogens is 850 g/mol. The molecule has 0 heterocycles. The fraction of sp³-hybridized carbons (Fsp3) is 0.231. The number of hydrogen-bond acceptors (Lipinski definition) is 9. The molecule has 0 amide bonds. The van der Waals surface area contributed by atoms with E-state index >= 15 is 0 Å². The first kappa shape index (κ1) is 53.2. The van der Waals surface area contributed by atoms with Gasteiger partial charge in [-0.25, -0.2) is 0 Å². The number of ether oxygens (including phenoxy) is 1. The Morgan fingerprint density at radius 2 is 1.02 bits per heavy atom. The van der Waals surface area contributed by atoms with E-state index in [2.05, 4.69) is 5.32 Å². The van der Waals surface area contributed by atoms with Crippen LogP contribution in [0.5, 0.6) is 5.75 Å². The summed E-state index contributed by atoms with van der Waals surface area (Å²) in [5.41, 5.74) is 9.59. The lowest BCUT2D eigenvalue weighted by Crippen LogP contribution is -2.15. The van der Waals surface area contributed by atoms with Crippen molar-refractivity contribution in [1.82, 2.24) is 4.90 Å². The maximum Gasteiger partial charge on any atom is 0.411 e. The molecule has 6 aromatic carbocycles. The lowest BCUT2D eigenvalue weighted by molar-refractivity contribution is -0.159. The van der Waals surface area contributed by atoms with Crippen molar-refractivity contribution in [1.29, 1.82) is 10.8 Å². The van der Waals surface area contributed by atoms with E-state index in [-0.39, 0.29) is 19.4 Å². The number of carboxylic acids is 2. The fourth-order valence-corrected chi connectivity index (χ4v) is 5.81. The highest BCUT2D eigenvalue weighted by atomic mass is 19.4. The molecule has 0 unspecified atom stereocenters. The molecule has 0 aliphatic rings. The summed E-state index contributed by atoms with van der Waals surface area (Å²) in [5.74, 6) is -0.841. The molecule has 0 spiro atoms. The molecule has 0 radical (unpaired) electrons. The average Bonchev–Trinajstić information content (AvgIpc) is 3.32. The Labute approximate surface area is 383 Å². The van der Waals surface area contributed by atoms with E-state index < -0.39 is 24.7 Å². The van der Waals surface area contributed by atoms with Crippen LogP contribution < -0.4 is 10.1 Å². The van der Waals surface area contributed by atoms with Gasteiger partial charge in [0.2, 0.25) is 0 Å². The Morgan fingerprint density at radius 3 is 1.42 bits per heavy atom. The van der Waals surface area contributed by atoms with E-state index in [1.54, 1.807) is 0 Å². The highest BCUT2D eigenvalue weighted by Gasteiger charge is 2.24. The number of aliphatic hydroxyl groups is 2. The standard InChI is InChI=1S/C23H22N2O2.C23H21NO3.C4H11NO.C2H3F3O/c24-23(19-6-2-1-3-7-19)20-8-4-5-18(15-20)16-25-21-12-9-17(10-13-21)11-14-22(26)27;24-23(19-6-2-1-3-7-19)20-8-4-5-18(15-20)16-27-21-12-9-17(10-13-21)11-14-22(25)26;1-5(2)3-4-6;3-2(4,5)1-6/h1-10,12-13,15,24-25H,11,14,16H2,(H,26,27);1-10,12-13,15,24H,11,14,16H2,(H,25,26);6H,3-4H2,1-2H3;6H,1H2. The van der Waals surface area contributed by atoms with Crippen molar-refractivity contribution in [3.8, 4) is 5.75 Å². The molecular formula is C52H57F3N4O7. The van der Waals surface area contributed by atoms with Crippen LogP contribution in [-0.2, 0) is 35.6 Å². The number of carbonyl (C=O) groups is 2. The van der Waals surface area contributed by atoms with Gasteiger partial charge in [0.25, 0.3) is 0 Å². The van der Waals surface area contributed by atoms with Gasteiger partial charge in [0.05, 0.1) is 18.0 Å².